The third-order valence-electron chi connectivity index (χ3n) is 14.5. The summed E-state index contributed by atoms with van der Waals surface area (Å²) in [5.41, 5.74) is 0. The van der Waals surface area contributed by atoms with Crippen LogP contribution in [0.4, 0.5) is 0 Å². The summed E-state index contributed by atoms with van der Waals surface area (Å²) in [6, 6.07) is 0. The number of hydrogen-bond donors (Lipinski definition) is 0. The Hall–Kier alpha value is -3.67. The summed E-state index contributed by atoms with van der Waals surface area (Å²) < 4.78 is 16.9. The second-order valence-electron chi connectivity index (χ2n) is 22.3. The van der Waals surface area contributed by atoms with Crippen LogP contribution in [0.25, 0.3) is 0 Å². The minimum Gasteiger partial charge on any atom is -0.462 e. The molecule has 1 atom stereocenters. The molecule has 0 amide bonds. The van der Waals surface area contributed by atoms with E-state index in [1.165, 1.54) is 167 Å². The van der Waals surface area contributed by atoms with E-state index in [4.69, 9.17) is 14.2 Å². The van der Waals surface area contributed by atoms with Gasteiger partial charge in [-0.05, 0) is 122 Å². The maximum absolute atomic E-state index is 12.9. The van der Waals surface area contributed by atoms with Crippen molar-refractivity contribution in [3.05, 3.63) is 97.2 Å². The summed E-state index contributed by atoms with van der Waals surface area (Å²) in [6.07, 6.45) is 89.9. The van der Waals surface area contributed by atoms with E-state index in [0.29, 0.717) is 19.3 Å². The number of rotatable bonds is 61. The zero-order valence-corrected chi connectivity index (χ0v) is 52.1. The van der Waals surface area contributed by atoms with Crippen molar-refractivity contribution in [2.75, 3.05) is 13.2 Å². The number of carbonyl (C=O) groups is 3. The molecular formula is C73H126O6. The smallest absolute Gasteiger partial charge is 0.306 e. The molecule has 1 unspecified atom stereocenters. The Balaban J connectivity index is 4.28. The van der Waals surface area contributed by atoms with E-state index in [1.807, 2.05) is 0 Å². The largest absolute Gasteiger partial charge is 0.462 e. The summed E-state index contributed by atoms with van der Waals surface area (Å²) in [5, 5.41) is 0. The zero-order valence-electron chi connectivity index (χ0n) is 52.1. The number of unbranched alkanes of at least 4 members (excludes halogenated alkanes) is 34. The van der Waals surface area contributed by atoms with Gasteiger partial charge in [-0.25, -0.2) is 0 Å². The fraction of sp³-hybridized carbons (Fsp3) is 0.740. The number of ether oxygens (including phenoxy) is 3. The zero-order chi connectivity index (χ0) is 57.1. The van der Waals surface area contributed by atoms with Gasteiger partial charge < -0.3 is 14.2 Å². The van der Waals surface area contributed by atoms with Crippen molar-refractivity contribution < 1.29 is 28.6 Å². The third-order valence-corrected chi connectivity index (χ3v) is 14.5. The molecule has 0 aromatic heterocycles. The van der Waals surface area contributed by atoms with Crippen LogP contribution in [0.1, 0.15) is 329 Å². The van der Waals surface area contributed by atoms with Crippen molar-refractivity contribution >= 4 is 17.9 Å². The Bertz CT molecular complexity index is 1540. The van der Waals surface area contributed by atoms with Gasteiger partial charge in [-0.2, -0.15) is 0 Å². The molecule has 6 heteroatoms. The van der Waals surface area contributed by atoms with Crippen molar-refractivity contribution in [2.24, 2.45) is 0 Å². The Morgan fingerprint density at radius 1 is 0.266 bits per heavy atom. The lowest BCUT2D eigenvalue weighted by Gasteiger charge is -2.18. The minimum absolute atomic E-state index is 0.0856. The predicted octanol–water partition coefficient (Wildman–Crippen LogP) is 23.2. The molecule has 0 aromatic carbocycles. The second kappa shape index (κ2) is 66.8. The van der Waals surface area contributed by atoms with E-state index in [1.54, 1.807) is 0 Å². The predicted molar refractivity (Wildman–Crippen MR) is 344 cm³/mol. The standard InChI is InChI=1S/C73H126O6/c1-4-7-10-13-16-19-22-25-28-30-31-32-33-34-35-36-37-38-39-40-41-43-45-48-51-54-57-60-63-66-72(75)78-69-70(68-77-71(74)65-62-59-56-53-50-47-44-27-24-21-18-15-12-9-6-3)79-73(76)67-64-61-58-55-52-49-46-42-29-26-23-20-17-14-11-8-5-2/h9,12,17-18,20-22,25-27,29-31,33-34,44,70H,4-8,10-11,13-16,19,23-24,28,32,35-43,45-69H2,1-3H3/b12-9-,20-17-,21-18-,25-22-,29-26-,31-30-,34-33-,44-27-. The quantitative estimate of drug-likeness (QED) is 0.0261. The number of carbonyl (C=O) groups excluding carboxylic acids is 3. The molecule has 6 nitrogen and oxygen atoms in total. The maximum Gasteiger partial charge on any atom is 0.306 e. The minimum atomic E-state index is -0.791. The highest BCUT2D eigenvalue weighted by molar-refractivity contribution is 5.71. The third kappa shape index (κ3) is 65.0. The lowest BCUT2D eigenvalue weighted by atomic mass is 10.0. The van der Waals surface area contributed by atoms with Gasteiger partial charge in [0.2, 0.25) is 0 Å². The molecular weight excluding hydrogens is 973 g/mol. The molecule has 454 valence electrons. The van der Waals surface area contributed by atoms with Gasteiger partial charge in [0.25, 0.3) is 0 Å². The first-order valence-corrected chi connectivity index (χ1v) is 33.7. The van der Waals surface area contributed by atoms with Crippen molar-refractivity contribution in [3.8, 4) is 0 Å². The number of esters is 3. The van der Waals surface area contributed by atoms with Crippen LogP contribution in [0.3, 0.4) is 0 Å². The van der Waals surface area contributed by atoms with Crippen LogP contribution in [0, 0.1) is 0 Å². The summed E-state index contributed by atoms with van der Waals surface area (Å²) in [5.74, 6) is -0.900. The first-order chi connectivity index (χ1) is 39.0. The molecule has 0 rings (SSSR count). The van der Waals surface area contributed by atoms with Gasteiger partial charge in [0.05, 0.1) is 0 Å². The van der Waals surface area contributed by atoms with Gasteiger partial charge in [0, 0.05) is 19.3 Å². The normalized spacial score (nSPS) is 12.7. The fourth-order valence-corrected chi connectivity index (χ4v) is 9.50. The highest BCUT2D eigenvalue weighted by Crippen LogP contribution is 2.16. The molecule has 0 N–H and O–H groups in total. The van der Waals surface area contributed by atoms with Crippen LogP contribution in [0.15, 0.2) is 97.2 Å². The van der Waals surface area contributed by atoms with Crippen LogP contribution >= 0.6 is 0 Å². The average Bonchev–Trinajstić information content (AvgIpc) is 3.45. The van der Waals surface area contributed by atoms with Crippen LogP contribution in [-0.4, -0.2) is 37.2 Å². The van der Waals surface area contributed by atoms with E-state index in [2.05, 4.69) is 118 Å². The molecule has 0 heterocycles. The molecule has 0 bridgehead atoms. The summed E-state index contributed by atoms with van der Waals surface area (Å²) in [4.78, 5) is 38.4. The molecule has 0 spiro atoms. The molecule has 0 radical (unpaired) electrons. The Morgan fingerprint density at radius 2 is 0.494 bits per heavy atom. The van der Waals surface area contributed by atoms with E-state index in [-0.39, 0.29) is 31.1 Å². The average molecular weight is 1100 g/mol. The molecule has 0 saturated heterocycles. The fourth-order valence-electron chi connectivity index (χ4n) is 9.50. The lowest BCUT2D eigenvalue weighted by Crippen LogP contribution is -2.30. The second-order valence-corrected chi connectivity index (χ2v) is 22.3. The Morgan fingerprint density at radius 3 is 0.797 bits per heavy atom. The molecule has 79 heavy (non-hydrogen) atoms. The maximum atomic E-state index is 12.9. The highest BCUT2D eigenvalue weighted by atomic mass is 16.6. The first-order valence-electron chi connectivity index (χ1n) is 33.7. The SMILES string of the molecule is CC/C=C\C/C=C\C/C=C\CCCCCCCC(=O)OCC(COC(=O)CCCCCCCCCCCCCCCC/C=C\C/C=C\C/C=C\CCCCCCC)OC(=O)CCCCCCCCC/C=C\C/C=C\CCCCC. The molecule has 0 fully saturated rings. The van der Waals surface area contributed by atoms with Crippen LogP contribution < -0.4 is 0 Å². The first kappa shape index (κ1) is 75.3. The van der Waals surface area contributed by atoms with Crippen molar-refractivity contribution in [1.29, 1.82) is 0 Å². The monoisotopic (exact) mass is 1100 g/mol. The van der Waals surface area contributed by atoms with Crippen molar-refractivity contribution in [3.63, 3.8) is 0 Å². The van der Waals surface area contributed by atoms with Gasteiger partial charge in [0.1, 0.15) is 13.2 Å². The van der Waals surface area contributed by atoms with Crippen LogP contribution in [0.2, 0.25) is 0 Å². The number of hydrogen-bond acceptors (Lipinski definition) is 6. The summed E-state index contributed by atoms with van der Waals surface area (Å²) >= 11 is 0. The lowest BCUT2D eigenvalue weighted by molar-refractivity contribution is -0.167. The topological polar surface area (TPSA) is 78.9 Å². The molecule has 0 aliphatic carbocycles. The van der Waals surface area contributed by atoms with Gasteiger partial charge in [-0.15, -0.1) is 0 Å². The summed E-state index contributed by atoms with van der Waals surface area (Å²) in [6.45, 7) is 6.50. The van der Waals surface area contributed by atoms with Gasteiger partial charge in [0.15, 0.2) is 6.10 Å². The van der Waals surface area contributed by atoms with Crippen LogP contribution in [0.5, 0.6) is 0 Å². The van der Waals surface area contributed by atoms with E-state index >= 15 is 0 Å². The van der Waals surface area contributed by atoms with E-state index < -0.39 is 6.10 Å². The molecule has 0 aromatic rings. The van der Waals surface area contributed by atoms with Crippen molar-refractivity contribution in [1.82, 2.24) is 0 Å². The Labute approximate surface area is 489 Å². The molecule has 0 aliphatic rings. The number of allylic oxidation sites excluding steroid dienone is 16. The summed E-state index contributed by atoms with van der Waals surface area (Å²) in [7, 11) is 0. The van der Waals surface area contributed by atoms with Gasteiger partial charge in [-0.3, -0.25) is 14.4 Å². The van der Waals surface area contributed by atoms with E-state index in [0.717, 1.165) is 122 Å². The molecule has 0 aliphatic heterocycles. The Kier molecular flexibility index (Phi) is 63.7. The molecule has 0 saturated carbocycles. The van der Waals surface area contributed by atoms with Crippen molar-refractivity contribution in [2.45, 2.75) is 335 Å². The van der Waals surface area contributed by atoms with Gasteiger partial charge in [-0.1, -0.05) is 285 Å². The highest BCUT2D eigenvalue weighted by Gasteiger charge is 2.19. The van der Waals surface area contributed by atoms with E-state index in [9.17, 15) is 14.4 Å². The van der Waals surface area contributed by atoms with Gasteiger partial charge >= 0.3 is 17.9 Å². The van der Waals surface area contributed by atoms with Crippen LogP contribution in [-0.2, 0) is 28.6 Å².